The molecular weight excluding hydrogens is 258 g/mol. The van der Waals surface area contributed by atoms with Gasteiger partial charge in [0.25, 0.3) is 0 Å². The van der Waals surface area contributed by atoms with Crippen LogP contribution in [-0.4, -0.2) is 29.8 Å². The molecule has 0 saturated heterocycles. The first kappa shape index (κ1) is 16.0. The van der Waals surface area contributed by atoms with Crippen molar-refractivity contribution in [3.05, 3.63) is 35.9 Å². The molecule has 3 unspecified atom stereocenters. The van der Waals surface area contributed by atoms with Gasteiger partial charge in [0, 0.05) is 19.0 Å². The van der Waals surface area contributed by atoms with E-state index in [-0.39, 0.29) is 17.9 Å². The fourth-order valence-corrected chi connectivity index (χ4v) is 2.36. The van der Waals surface area contributed by atoms with Gasteiger partial charge in [0.05, 0.1) is 5.92 Å². The number of amides is 1. The van der Waals surface area contributed by atoms with Gasteiger partial charge in [-0.1, -0.05) is 50.6 Å². The maximum absolute atomic E-state index is 12.7. The van der Waals surface area contributed by atoms with Gasteiger partial charge in [0.1, 0.15) is 0 Å². The van der Waals surface area contributed by atoms with Crippen molar-refractivity contribution in [3.8, 4) is 0 Å². The Morgan fingerprint density at radius 2 is 1.84 bits per heavy atom. The molecule has 0 spiro atoms. The van der Waals surface area contributed by atoms with Crippen molar-refractivity contribution in [2.24, 2.45) is 5.92 Å². The summed E-state index contributed by atoms with van der Waals surface area (Å²) in [6, 6.07) is 10.1. The summed E-state index contributed by atoms with van der Waals surface area (Å²) in [7, 11) is 1.84. The number of carbonyl (C=O) groups is 1. The number of likely N-dealkylation sites (N-methyl/N-ethyl adjacent to an activating group) is 1. The number of benzene rings is 1. The molecule has 0 aliphatic heterocycles. The summed E-state index contributed by atoms with van der Waals surface area (Å²) in [5.41, 5.74) is 1.09. The number of halogens is 1. The predicted octanol–water partition coefficient (Wildman–Crippen LogP) is 3.90. The highest BCUT2D eigenvalue weighted by Crippen LogP contribution is 2.29. The zero-order valence-corrected chi connectivity index (χ0v) is 13.0. The highest BCUT2D eigenvalue weighted by atomic mass is 35.5. The van der Waals surface area contributed by atoms with Crippen LogP contribution in [0.2, 0.25) is 0 Å². The van der Waals surface area contributed by atoms with Crippen LogP contribution < -0.4 is 0 Å². The number of rotatable bonds is 6. The van der Waals surface area contributed by atoms with Crippen LogP contribution in [-0.2, 0) is 4.79 Å². The third-order valence-corrected chi connectivity index (χ3v) is 4.32. The number of hydrogen-bond donors (Lipinski definition) is 0. The summed E-state index contributed by atoms with van der Waals surface area (Å²) in [4.78, 5) is 14.5. The van der Waals surface area contributed by atoms with E-state index in [2.05, 4.69) is 13.8 Å². The van der Waals surface area contributed by atoms with Gasteiger partial charge < -0.3 is 4.90 Å². The van der Waals surface area contributed by atoms with Gasteiger partial charge in [-0.2, -0.15) is 0 Å². The normalized spacial score (nSPS) is 15.6. The van der Waals surface area contributed by atoms with Crippen molar-refractivity contribution in [2.45, 2.75) is 39.2 Å². The van der Waals surface area contributed by atoms with Gasteiger partial charge in [0.15, 0.2) is 0 Å². The summed E-state index contributed by atoms with van der Waals surface area (Å²) in [6.45, 7) is 6.23. The Morgan fingerprint density at radius 3 is 2.32 bits per heavy atom. The Labute approximate surface area is 121 Å². The SMILES string of the molecule is CCC(C)C(C(=O)N(C)C(C)CCl)c1ccccc1. The van der Waals surface area contributed by atoms with Gasteiger partial charge in [-0.25, -0.2) is 0 Å². The molecule has 2 nitrogen and oxygen atoms in total. The molecule has 0 aliphatic rings. The minimum Gasteiger partial charge on any atom is -0.341 e. The molecule has 0 aromatic heterocycles. The molecule has 0 saturated carbocycles. The number of alkyl halides is 1. The molecule has 0 aliphatic carbocycles. The largest absolute Gasteiger partial charge is 0.341 e. The molecule has 3 atom stereocenters. The molecule has 1 aromatic rings. The van der Waals surface area contributed by atoms with E-state index in [1.807, 2.05) is 44.3 Å². The lowest BCUT2D eigenvalue weighted by molar-refractivity contribution is -0.134. The van der Waals surface area contributed by atoms with Crippen molar-refractivity contribution < 1.29 is 4.79 Å². The quantitative estimate of drug-likeness (QED) is 0.724. The number of carbonyl (C=O) groups excluding carboxylic acids is 1. The van der Waals surface area contributed by atoms with E-state index in [9.17, 15) is 4.79 Å². The van der Waals surface area contributed by atoms with Crippen molar-refractivity contribution in [3.63, 3.8) is 0 Å². The van der Waals surface area contributed by atoms with Crippen LogP contribution >= 0.6 is 11.6 Å². The van der Waals surface area contributed by atoms with E-state index in [1.165, 1.54) is 0 Å². The highest BCUT2D eigenvalue weighted by Gasteiger charge is 2.29. The Kier molecular flexibility index (Phi) is 6.36. The second kappa shape index (κ2) is 7.54. The monoisotopic (exact) mass is 281 g/mol. The minimum atomic E-state index is -0.0816. The zero-order chi connectivity index (χ0) is 14.4. The third-order valence-electron chi connectivity index (χ3n) is 3.87. The Bertz CT molecular complexity index is 393. The van der Waals surface area contributed by atoms with Gasteiger partial charge in [-0.05, 0) is 18.4 Å². The summed E-state index contributed by atoms with van der Waals surface area (Å²) < 4.78 is 0. The first-order valence-corrected chi connectivity index (χ1v) is 7.43. The first-order valence-electron chi connectivity index (χ1n) is 6.90. The van der Waals surface area contributed by atoms with Gasteiger partial charge >= 0.3 is 0 Å². The summed E-state index contributed by atoms with van der Waals surface area (Å²) in [5.74, 6) is 0.861. The number of nitrogens with zero attached hydrogens (tertiary/aromatic N) is 1. The smallest absolute Gasteiger partial charge is 0.230 e. The van der Waals surface area contributed by atoms with Crippen molar-refractivity contribution in [1.82, 2.24) is 4.90 Å². The summed E-state index contributed by atoms with van der Waals surface area (Å²) in [5, 5.41) is 0. The molecule has 19 heavy (non-hydrogen) atoms. The minimum absolute atomic E-state index is 0.0597. The van der Waals surface area contributed by atoms with E-state index < -0.39 is 0 Å². The lowest BCUT2D eigenvalue weighted by Gasteiger charge is -2.31. The lowest BCUT2D eigenvalue weighted by atomic mass is 9.84. The molecule has 1 amide bonds. The van der Waals surface area contributed by atoms with E-state index in [1.54, 1.807) is 4.90 Å². The van der Waals surface area contributed by atoms with Crippen molar-refractivity contribution >= 4 is 17.5 Å². The molecule has 0 heterocycles. The van der Waals surface area contributed by atoms with E-state index in [0.717, 1.165) is 12.0 Å². The van der Waals surface area contributed by atoms with Crippen LogP contribution in [0.4, 0.5) is 0 Å². The molecule has 3 heteroatoms. The zero-order valence-electron chi connectivity index (χ0n) is 12.3. The molecule has 0 fully saturated rings. The van der Waals surface area contributed by atoms with Gasteiger partial charge in [-0.15, -0.1) is 11.6 Å². The maximum Gasteiger partial charge on any atom is 0.230 e. The molecule has 0 radical (unpaired) electrons. The fraction of sp³-hybridized carbons (Fsp3) is 0.562. The van der Waals surface area contributed by atoms with Crippen LogP contribution in [0, 0.1) is 5.92 Å². The lowest BCUT2D eigenvalue weighted by Crippen LogP contribution is -2.41. The van der Waals surface area contributed by atoms with Gasteiger partial charge in [0.2, 0.25) is 5.91 Å². The van der Waals surface area contributed by atoms with Crippen LogP contribution in [0.5, 0.6) is 0 Å². The molecule has 0 bridgehead atoms. The Morgan fingerprint density at radius 1 is 1.26 bits per heavy atom. The fourth-order valence-electron chi connectivity index (χ4n) is 2.15. The third kappa shape index (κ3) is 3.97. The van der Waals surface area contributed by atoms with Gasteiger partial charge in [-0.3, -0.25) is 4.79 Å². The second-order valence-corrected chi connectivity index (χ2v) is 5.53. The van der Waals surface area contributed by atoms with E-state index in [0.29, 0.717) is 11.8 Å². The van der Waals surface area contributed by atoms with Crippen LogP contribution in [0.15, 0.2) is 30.3 Å². The first-order chi connectivity index (χ1) is 9.02. The predicted molar refractivity (Wildman–Crippen MR) is 81.6 cm³/mol. The maximum atomic E-state index is 12.7. The molecule has 106 valence electrons. The Balaban J connectivity index is 3.02. The van der Waals surface area contributed by atoms with E-state index >= 15 is 0 Å². The van der Waals surface area contributed by atoms with Crippen molar-refractivity contribution in [2.75, 3.05) is 12.9 Å². The molecule has 0 N–H and O–H groups in total. The average Bonchev–Trinajstić information content (AvgIpc) is 2.46. The summed E-state index contributed by atoms with van der Waals surface area (Å²) >= 11 is 5.86. The number of hydrogen-bond acceptors (Lipinski definition) is 1. The van der Waals surface area contributed by atoms with E-state index in [4.69, 9.17) is 11.6 Å². The Hall–Kier alpha value is -1.02. The highest BCUT2D eigenvalue weighted by molar-refractivity contribution is 6.18. The second-order valence-electron chi connectivity index (χ2n) is 5.23. The summed E-state index contributed by atoms with van der Waals surface area (Å²) in [6.07, 6.45) is 0.981. The molecule has 1 rings (SSSR count). The van der Waals surface area contributed by atoms with Crippen LogP contribution in [0.1, 0.15) is 38.7 Å². The van der Waals surface area contributed by atoms with Crippen molar-refractivity contribution in [1.29, 1.82) is 0 Å². The molecule has 1 aromatic carbocycles. The standard InChI is InChI=1S/C16H24ClNO/c1-5-12(2)15(14-9-7-6-8-10-14)16(19)18(4)13(3)11-17/h6-10,12-13,15H,5,11H2,1-4H3. The topological polar surface area (TPSA) is 20.3 Å². The van der Waals surface area contributed by atoms with Crippen LogP contribution in [0.25, 0.3) is 0 Å². The van der Waals surface area contributed by atoms with Crippen LogP contribution in [0.3, 0.4) is 0 Å². The average molecular weight is 282 g/mol. The molecular formula is C16H24ClNO.